The van der Waals surface area contributed by atoms with Crippen molar-refractivity contribution in [3.05, 3.63) is 16.9 Å². The Hall–Kier alpha value is -0.810. The largest absolute Gasteiger partial charge is 0.478 e. The molecule has 1 aromatic heterocycles. The smallest absolute Gasteiger partial charge is 0.340 e. The first-order chi connectivity index (χ1) is 5.65. The van der Waals surface area contributed by atoms with Crippen LogP contribution in [0, 0.1) is 0 Å². The molecule has 0 aromatic carbocycles. The van der Waals surface area contributed by atoms with Crippen molar-refractivity contribution in [1.82, 2.24) is 9.97 Å². The molecule has 0 aliphatic rings. The lowest BCUT2D eigenvalue weighted by molar-refractivity contribution is 0.0696. The van der Waals surface area contributed by atoms with Gasteiger partial charge in [-0.1, -0.05) is 23.4 Å². The number of hydrogen-bond acceptors (Lipinski definition) is 4. The number of halogens is 1. The third-order valence-corrected chi connectivity index (χ3v) is 1.98. The second-order valence-corrected chi connectivity index (χ2v) is 3.00. The van der Waals surface area contributed by atoms with Crippen molar-refractivity contribution in [3.63, 3.8) is 0 Å². The Bertz CT molecular complexity index is 318. The van der Waals surface area contributed by atoms with Crippen molar-refractivity contribution in [3.8, 4) is 0 Å². The van der Waals surface area contributed by atoms with Gasteiger partial charge in [0.25, 0.3) is 0 Å². The molecular formula is C6H5ClN2O2S. The van der Waals surface area contributed by atoms with E-state index >= 15 is 0 Å². The average molecular weight is 205 g/mol. The van der Waals surface area contributed by atoms with E-state index in [0.717, 1.165) is 0 Å². The Morgan fingerprint density at radius 3 is 2.83 bits per heavy atom. The van der Waals surface area contributed by atoms with Gasteiger partial charge in [-0.2, -0.15) is 0 Å². The molecule has 0 saturated heterocycles. The van der Waals surface area contributed by atoms with E-state index in [1.165, 1.54) is 18.0 Å². The van der Waals surface area contributed by atoms with Crippen LogP contribution in [0.5, 0.6) is 0 Å². The van der Waals surface area contributed by atoms with E-state index in [1.54, 1.807) is 6.26 Å². The van der Waals surface area contributed by atoms with E-state index < -0.39 is 5.97 Å². The lowest BCUT2D eigenvalue weighted by atomic mass is 10.3. The van der Waals surface area contributed by atoms with E-state index in [9.17, 15) is 4.79 Å². The monoisotopic (exact) mass is 204 g/mol. The van der Waals surface area contributed by atoms with Crippen LogP contribution in [0.4, 0.5) is 0 Å². The predicted molar refractivity (Wildman–Crippen MR) is 45.8 cm³/mol. The van der Waals surface area contributed by atoms with Crippen LogP contribution in [0.15, 0.2) is 11.4 Å². The Labute approximate surface area is 78.0 Å². The molecule has 0 spiro atoms. The minimum Gasteiger partial charge on any atom is -0.478 e. The molecule has 1 heterocycles. The standard InChI is InChI=1S/C6H5ClN2O2S/c1-12-6-8-2-3(5(10)11)4(7)9-6/h2H,1H3,(H,10,11). The quantitative estimate of drug-likeness (QED) is 0.450. The molecule has 4 nitrogen and oxygen atoms in total. The average Bonchev–Trinajstić information content (AvgIpc) is 2.03. The van der Waals surface area contributed by atoms with Gasteiger partial charge < -0.3 is 5.11 Å². The molecule has 1 N–H and O–H groups in total. The maximum absolute atomic E-state index is 10.5. The summed E-state index contributed by atoms with van der Waals surface area (Å²) < 4.78 is 0. The first kappa shape index (κ1) is 9.28. The van der Waals surface area contributed by atoms with E-state index in [-0.39, 0.29) is 10.7 Å². The van der Waals surface area contributed by atoms with E-state index in [0.29, 0.717) is 5.16 Å². The molecular weight excluding hydrogens is 200 g/mol. The number of rotatable bonds is 2. The van der Waals surface area contributed by atoms with Crippen molar-refractivity contribution in [2.45, 2.75) is 5.16 Å². The van der Waals surface area contributed by atoms with Crippen LogP contribution in [0.3, 0.4) is 0 Å². The second-order valence-electron chi connectivity index (χ2n) is 1.87. The van der Waals surface area contributed by atoms with Gasteiger partial charge in [0.15, 0.2) is 5.16 Å². The van der Waals surface area contributed by atoms with E-state index in [4.69, 9.17) is 16.7 Å². The van der Waals surface area contributed by atoms with Crippen LogP contribution in [-0.2, 0) is 0 Å². The first-order valence-corrected chi connectivity index (χ1v) is 4.55. The molecule has 0 radical (unpaired) electrons. The van der Waals surface area contributed by atoms with Gasteiger partial charge in [0.2, 0.25) is 0 Å². The van der Waals surface area contributed by atoms with Crippen molar-refractivity contribution >= 4 is 29.3 Å². The van der Waals surface area contributed by atoms with Crippen LogP contribution in [0.1, 0.15) is 10.4 Å². The number of thioether (sulfide) groups is 1. The summed E-state index contributed by atoms with van der Waals surface area (Å²) in [5, 5.41) is 8.99. The molecule has 0 atom stereocenters. The number of nitrogens with zero attached hydrogens (tertiary/aromatic N) is 2. The Kier molecular flexibility index (Phi) is 2.88. The summed E-state index contributed by atoms with van der Waals surface area (Å²) >= 11 is 6.86. The fourth-order valence-corrected chi connectivity index (χ4v) is 1.19. The van der Waals surface area contributed by atoms with Gasteiger partial charge in [0, 0.05) is 6.20 Å². The van der Waals surface area contributed by atoms with Crippen molar-refractivity contribution in [2.75, 3.05) is 6.26 Å². The molecule has 0 aliphatic heterocycles. The van der Waals surface area contributed by atoms with Crippen LogP contribution < -0.4 is 0 Å². The summed E-state index contributed by atoms with van der Waals surface area (Å²) in [5.74, 6) is -1.12. The predicted octanol–water partition coefficient (Wildman–Crippen LogP) is 1.55. The Balaban J connectivity index is 3.12. The van der Waals surface area contributed by atoms with E-state index in [1.807, 2.05) is 0 Å². The highest BCUT2D eigenvalue weighted by Gasteiger charge is 2.10. The Morgan fingerprint density at radius 2 is 2.42 bits per heavy atom. The van der Waals surface area contributed by atoms with Gasteiger partial charge in [0.1, 0.15) is 10.7 Å². The normalized spacial score (nSPS) is 9.83. The fourth-order valence-electron chi connectivity index (χ4n) is 0.588. The third-order valence-electron chi connectivity index (χ3n) is 1.13. The van der Waals surface area contributed by atoms with Gasteiger partial charge >= 0.3 is 5.97 Å². The lowest BCUT2D eigenvalue weighted by Gasteiger charge is -1.98. The van der Waals surface area contributed by atoms with Crippen LogP contribution in [0.2, 0.25) is 5.15 Å². The van der Waals surface area contributed by atoms with Crippen LogP contribution in [0.25, 0.3) is 0 Å². The maximum Gasteiger partial charge on any atom is 0.340 e. The number of aromatic carboxylic acids is 1. The summed E-state index contributed by atoms with van der Waals surface area (Å²) in [4.78, 5) is 18.0. The van der Waals surface area contributed by atoms with Crippen molar-refractivity contribution < 1.29 is 9.90 Å². The zero-order chi connectivity index (χ0) is 9.14. The molecule has 0 aliphatic carbocycles. The first-order valence-electron chi connectivity index (χ1n) is 2.95. The van der Waals surface area contributed by atoms with Gasteiger partial charge in [-0.25, -0.2) is 14.8 Å². The maximum atomic E-state index is 10.5. The molecule has 0 saturated carbocycles. The van der Waals surface area contributed by atoms with Crippen molar-refractivity contribution in [1.29, 1.82) is 0 Å². The molecule has 1 aromatic rings. The third kappa shape index (κ3) is 1.86. The zero-order valence-corrected chi connectivity index (χ0v) is 7.69. The number of carboxylic acid groups (broad SMARTS) is 1. The lowest BCUT2D eigenvalue weighted by Crippen LogP contribution is -2.01. The van der Waals surface area contributed by atoms with Gasteiger partial charge in [-0.05, 0) is 6.26 Å². The van der Waals surface area contributed by atoms with Crippen LogP contribution in [-0.4, -0.2) is 27.3 Å². The SMILES string of the molecule is CSc1ncc(C(=O)O)c(Cl)n1. The highest BCUT2D eigenvalue weighted by atomic mass is 35.5. The van der Waals surface area contributed by atoms with Gasteiger partial charge in [-0.3, -0.25) is 0 Å². The number of carbonyl (C=O) groups is 1. The number of aromatic nitrogens is 2. The summed E-state index contributed by atoms with van der Waals surface area (Å²) in [6, 6.07) is 0. The molecule has 1 rings (SSSR count). The highest BCUT2D eigenvalue weighted by Crippen LogP contribution is 2.15. The van der Waals surface area contributed by atoms with E-state index in [2.05, 4.69) is 9.97 Å². The molecule has 0 fully saturated rings. The molecule has 0 amide bonds. The minimum atomic E-state index is -1.12. The summed E-state index contributed by atoms with van der Waals surface area (Å²) in [7, 11) is 0. The van der Waals surface area contributed by atoms with Crippen LogP contribution >= 0.6 is 23.4 Å². The molecule has 64 valence electrons. The summed E-state index contributed by atoms with van der Waals surface area (Å²) in [6.07, 6.45) is 2.98. The van der Waals surface area contributed by atoms with Gasteiger partial charge in [0.05, 0.1) is 0 Å². The molecule has 12 heavy (non-hydrogen) atoms. The number of carboxylic acids is 1. The summed E-state index contributed by atoms with van der Waals surface area (Å²) in [6.45, 7) is 0. The number of hydrogen-bond donors (Lipinski definition) is 1. The Morgan fingerprint density at radius 1 is 1.75 bits per heavy atom. The second kappa shape index (κ2) is 3.73. The zero-order valence-electron chi connectivity index (χ0n) is 6.11. The molecule has 0 bridgehead atoms. The molecule has 6 heteroatoms. The minimum absolute atomic E-state index is 0.0261. The highest BCUT2D eigenvalue weighted by molar-refractivity contribution is 7.98. The molecule has 0 unspecified atom stereocenters. The fraction of sp³-hybridized carbons (Fsp3) is 0.167. The summed E-state index contributed by atoms with van der Waals surface area (Å²) in [5.41, 5.74) is -0.0746. The van der Waals surface area contributed by atoms with Crippen molar-refractivity contribution in [2.24, 2.45) is 0 Å². The topological polar surface area (TPSA) is 63.1 Å². The van der Waals surface area contributed by atoms with Gasteiger partial charge in [-0.15, -0.1) is 0 Å².